The summed E-state index contributed by atoms with van der Waals surface area (Å²) >= 11 is 0. The van der Waals surface area contributed by atoms with Gasteiger partial charge in [0, 0.05) is 50.9 Å². The van der Waals surface area contributed by atoms with E-state index in [2.05, 4.69) is 368 Å². The molecule has 8 aromatic carbocycles. The van der Waals surface area contributed by atoms with Crippen LogP contribution in [0, 0.1) is 17.3 Å². The number of aliphatic hydroxyl groups is 1. The summed E-state index contributed by atoms with van der Waals surface area (Å²) in [5.41, 5.74) is 25.3. The van der Waals surface area contributed by atoms with Gasteiger partial charge in [-0.3, -0.25) is 0 Å². The molecule has 8 heteroatoms. The molecule has 120 heavy (non-hydrogen) atoms. The van der Waals surface area contributed by atoms with Gasteiger partial charge in [0.1, 0.15) is 28.7 Å². The van der Waals surface area contributed by atoms with Gasteiger partial charge in [0.25, 0.3) is 0 Å². The van der Waals surface area contributed by atoms with Gasteiger partial charge < -0.3 is 40.4 Å². The monoisotopic (exact) mass is 1620 g/mol. The van der Waals surface area contributed by atoms with Gasteiger partial charge in [-0.05, 0) is 274 Å². The average molecular weight is 1620 g/mol. The lowest BCUT2D eigenvalue weighted by molar-refractivity contribution is 0.154. The van der Waals surface area contributed by atoms with E-state index in [4.69, 9.17) is 0 Å². The molecule has 0 saturated heterocycles. The van der Waals surface area contributed by atoms with Gasteiger partial charge in [0.2, 0.25) is 0 Å². The Morgan fingerprint density at radius 3 is 1.08 bits per heavy atom. The Balaban J connectivity index is 1.28. The molecular weight excluding hydrogens is 1470 g/mol. The van der Waals surface area contributed by atoms with Crippen molar-refractivity contribution in [1.82, 2.24) is 0 Å². The number of hydrogen-bond acceptors (Lipinski definition) is 8. The third kappa shape index (κ3) is 21.3. The zero-order chi connectivity index (χ0) is 89.4. The molecule has 10 rings (SSSR count). The van der Waals surface area contributed by atoms with Crippen molar-refractivity contribution < 1.29 is 30.6 Å². The maximum absolute atomic E-state index is 12.4. The minimum absolute atomic E-state index is 0.0467. The molecule has 0 radical (unpaired) electrons. The van der Waals surface area contributed by atoms with Crippen molar-refractivity contribution in [1.29, 1.82) is 0 Å². The van der Waals surface area contributed by atoms with Crippen LogP contribution in [0.3, 0.4) is 0 Å². The first kappa shape index (κ1) is 92.8. The van der Waals surface area contributed by atoms with Gasteiger partial charge >= 0.3 is 0 Å². The van der Waals surface area contributed by atoms with Gasteiger partial charge in [-0.1, -0.05) is 321 Å². The predicted molar refractivity (Wildman–Crippen MR) is 512 cm³/mol. The summed E-state index contributed by atoms with van der Waals surface area (Å²) in [6.07, 6.45) is 13.1. The minimum atomic E-state index is -0.665. The van der Waals surface area contributed by atoms with E-state index in [1.54, 1.807) is 0 Å². The van der Waals surface area contributed by atoms with Crippen LogP contribution in [0.25, 0.3) is 11.1 Å². The van der Waals surface area contributed by atoms with E-state index in [9.17, 15) is 30.6 Å². The Morgan fingerprint density at radius 1 is 0.358 bits per heavy atom. The molecule has 0 heterocycles. The van der Waals surface area contributed by atoms with Crippen LogP contribution in [0.15, 0.2) is 199 Å². The highest BCUT2D eigenvalue weighted by Gasteiger charge is 2.37. The number of rotatable bonds is 21. The van der Waals surface area contributed by atoms with E-state index in [0.29, 0.717) is 62.4 Å². The van der Waals surface area contributed by atoms with Gasteiger partial charge in [-0.25, -0.2) is 0 Å². The van der Waals surface area contributed by atoms with Crippen LogP contribution in [-0.2, 0) is 81.8 Å². The molecule has 8 aromatic rings. The van der Waals surface area contributed by atoms with Gasteiger partial charge in [-0.2, -0.15) is 0 Å². The number of hydrogen-bond donors (Lipinski definition) is 6. The highest BCUT2D eigenvalue weighted by atomic mass is 16.3. The number of nitrogens with zero attached hydrogens (tertiary/aromatic N) is 2. The molecule has 2 aliphatic rings. The van der Waals surface area contributed by atoms with Crippen LogP contribution < -0.4 is 9.80 Å². The molecule has 0 saturated carbocycles. The van der Waals surface area contributed by atoms with Crippen molar-refractivity contribution in [2.75, 3.05) is 16.5 Å². The molecular formula is C112H146N2O6. The number of allylic oxidation sites excluding steroid dienone is 7. The number of phenolic OH excluding ortho intramolecular Hbond substituents is 5. The summed E-state index contributed by atoms with van der Waals surface area (Å²) in [5.74, 6) is 1.41. The Labute approximate surface area is 724 Å². The summed E-state index contributed by atoms with van der Waals surface area (Å²) in [4.78, 5) is 5.04. The summed E-state index contributed by atoms with van der Waals surface area (Å²) in [5, 5.41) is 72.7. The predicted octanol–water partition coefficient (Wildman–Crippen LogP) is 28.4. The lowest BCUT2D eigenvalue weighted by atomic mass is 9.73. The Bertz CT molecular complexity index is 5240. The average Bonchev–Trinajstić information content (AvgIpc) is 0.774. The third-order valence-electron chi connectivity index (χ3n) is 24.5. The first-order chi connectivity index (χ1) is 55.1. The molecule has 0 aliphatic heterocycles. The second-order valence-corrected chi connectivity index (χ2v) is 44.8. The van der Waals surface area contributed by atoms with Crippen LogP contribution in [0.5, 0.6) is 28.7 Å². The molecule has 8 nitrogen and oxygen atoms in total. The zero-order valence-electron chi connectivity index (χ0n) is 79.0. The van der Waals surface area contributed by atoms with Gasteiger partial charge in [0.15, 0.2) is 0 Å². The molecule has 0 amide bonds. The molecule has 0 aromatic heterocycles. The largest absolute Gasteiger partial charge is 0.507 e. The van der Waals surface area contributed by atoms with Crippen LogP contribution in [0.2, 0.25) is 0 Å². The van der Waals surface area contributed by atoms with Crippen LogP contribution in [0.1, 0.15) is 320 Å². The lowest BCUT2D eigenvalue weighted by Gasteiger charge is -2.39. The highest BCUT2D eigenvalue weighted by Crippen LogP contribution is 2.49. The van der Waals surface area contributed by atoms with E-state index < -0.39 is 22.3 Å². The smallest absolute Gasteiger partial charge is 0.126 e. The molecule has 3 unspecified atom stereocenters. The summed E-state index contributed by atoms with van der Waals surface area (Å²) < 4.78 is 0. The standard InChI is InChI=1S/C112H146N2O6/c1-67(2)84-54-74(57-87(98(84)115)104(7,8)9)46-70-34-40-82(41-35-70)113(96-44-38-72(48-76-59-90(107(16,17)18)101(118)91(60-76)108(19,20)21)50-80(96)52-78-56-86(69(5)6)100(117)89(63-78)106(13,14)15)66-114(83-42-36-71(37-43-83)47-75-55-85(68(3)4)99(116)88(58-75)105(10,11)12)97-45-39-73(49-77-61-92(109(22,23)24)102(119)93(62-77)110(25,26)27)51-81(97)53-79-64-94(111(28,29)30)103(120)95(65-79)112(31,32)33/h34-37,39-45,50-51,54-65,72,84,98,115-120H,1,3,5,38,46-49,52-53,66H2,2,4,6-33H3. The van der Waals surface area contributed by atoms with Crippen LogP contribution >= 0.6 is 0 Å². The molecule has 6 N–H and O–H groups in total. The molecule has 0 spiro atoms. The van der Waals surface area contributed by atoms with Crippen molar-refractivity contribution >= 4 is 28.2 Å². The quantitative estimate of drug-likeness (QED) is 0.0310. The lowest BCUT2D eigenvalue weighted by Crippen LogP contribution is -2.37. The maximum Gasteiger partial charge on any atom is 0.126 e. The zero-order valence-corrected chi connectivity index (χ0v) is 79.0. The Kier molecular flexibility index (Phi) is 26.3. The normalized spacial score (nSPS) is 16.0. The number of aliphatic hydroxyl groups excluding tert-OH is 1. The second-order valence-electron chi connectivity index (χ2n) is 44.8. The van der Waals surface area contributed by atoms with E-state index in [0.717, 1.165) is 163 Å². The molecule has 0 bridgehead atoms. The molecule has 640 valence electrons. The third-order valence-corrected chi connectivity index (χ3v) is 24.5. The number of phenols is 5. The van der Waals surface area contributed by atoms with Crippen molar-refractivity contribution in [2.24, 2.45) is 17.3 Å². The minimum Gasteiger partial charge on any atom is -0.507 e. The first-order valence-corrected chi connectivity index (χ1v) is 43.8. The molecule has 2 aliphatic carbocycles. The van der Waals surface area contributed by atoms with Gasteiger partial charge in [-0.15, -0.1) is 0 Å². The molecule has 3 atom stereocenters. The van der Waals surface area contributed by atoms with Crippen LogP contribution in [-0.4, -0.2) is 43.4 Å². The highest BCUT2D eigenvalue weighted by molar-refractivity contribution is 5.75. The number of aromatic hydroxyl groups is 5. The fraction of sp³-hybridized carbons (Fsp3) is 0.446. The SMILES string of the molecule is C=C(C)c1cc(CC2=CC(Cc3cc(C(C)(C)C)c(O)c(C(C)(C)C)c3)CC=C2N(CN(c2ccc(Cc3cc(C(=C)C)c(O)c(C(C)(C)C)c3)cc2)c2ccc(Cc3cc(C(C)(C)C)c(O)c(C(C)(C)C)c3)cc2Cc2cc(C(C)(C)C)c(O)c(C(C)(C)C)c2)c2ccc(CC3=CC(C(=C)C)C(O)C(C(C)(C)C)=C3)cc2)cc(C(C)(C)C)c1O. The van der Waals surface area contributed by atoms with Crippen molar-refractivity contribution in [2.45, 2.75) is 302 Å². The summed E-state index contributed by atoms with van der Waals surface area (Å²) in [7, 11) is 0. The van der Waals surface area contributed by atoms with E-state index in [1.165, 1.54) is 5.56 Å². The van der Waals surface area contributed by atoms with Crippen molar-refractivity contribution in [3.05, 3.63) is 305 Å². The Hall–Kier alpha value is -9.50. The Morgan fingerprint density at radius 2 is 0.700 bits per heavy atom. The number of anilines is 3. The molecule has 0 fully saturated rings. The van der Waals surface area contributed by atoms with Crippen molar-refractivity contribution in [3.63, 3.8) is 0 Å². The fourth-order valence-electron chi connectivity index (χ4n) is 17.6. The summed E-state index contributed by atoms with van der Waals surface area (Å²) in [6.45, 7) is 78.1. The van der Waals surface area contributed by atoms with E-state index in [1.807, 2.05) is 20.8 Å². The maximum atomic E-state index is 12.4. The number of benzene rings is 8. The van der Waals surface area contributed by atoms with Crippen LogP contribution in [0.4, 0.5) is 17.1 Å². The topological polar surface area (TPSA) is 128 Å². The van der Waals surface area contributed by atoms with Crippen molar-refractivity contribution in [3.8, 4) is 28.7 Å². The second kappa shape index (κ2) is 34.1. The van der Waals surface area contributed by atoms with E-state index >= 15 is 0 Å². The fourth-order valence-corrected chi connectivity index (χ4v) is 17.6. The first-order valence-electron chi connectivity index (χ1n) is 43.8. The van der Waals surface area contributed by atoms with E-state index in [-0.39, 0.29) is 55.8 Å². The van der Waals surface area contributed by atoms with Gasteiger partial charge in [0.05, 0.1) is 12.8 Å². The summed E-state index contributed by atoms with van der Waals surface area (Å²) in [6, 6.07) is 47.3.